The molecule has 1 aliphatic carbocycles. The average Bonchev–Trinajstić information content (AvgIpc) is 3.23. The Labute approximate surface area is 227 Å². The number of hydrogen-bond acceptors (Lipinski definition) is 2. The standard InChI is InChI=1S/C36H39NO/c1-34(2,3)24-13-16-31(27(19-24)23-11-9-8-10-12-23)37-25-14-15-26-28-21-29-30(22-33(28)38-32(26)20-25)36(6,7)18-17-35(29,4)5/h8-16,19-22,37H,17-18H2,1-7H3. The van der Waals surface area contributed by atoms with Crippen LogP contribution in [0.25, 0.3) is 33.1 Å². The number of fused-ring (bicyclic) bond motifs is 4. The van der Waals surface area contributed by atoms with Crippen molar-refractivity contribution >= 4 is 33.3 Å². The number of furan rings is 1. The summed E-state index contributed by atoms with van der Waals surface area (Å²) in [6.07, 6.45) is 2.41. The molecule has 2 nitrogen and oxygen atoms in total. The van der Waals surface area contributed by atoms with Crippen LogP contribution in [0.15, 0.2) is 83.3 Å². The van der Waals surface area contributed by atoms with E-state index in [4.69, 9.17) is 4.42 Å². The Morgan fingerprint density at radius 2 is 1.34 bits per heavy atom. The molecule has 0 radical (unpaired) electrons. The first-order valence-electron chi connectivity index (χ1n) is 13.9. The summed E-state index contributed by atoms with van der Waals surface area (Å²) >= 11 is 0. The predicted molar refractivity (Wildman–Crippen MR) is 163 cm³/mol. The number of nitrogens with one attached hydrogen (secondary N) is 1. The summed E-state index contributed by atoms with van der Waals surface area (Å²) < 4.78 is 6.50. The maximum atomic E-state index is 6.50. The van der Waals surface area contributed by atoms with E-state index in [1.165, 1.54) is 51.4 Å². The van der Waals surface area contributed by atoms with E-state index < -0.39 is 0 Å². The topological polar surface area (TPSA) is 25.2 Å². The predicted octanol–water partition coefficient (Wildman–Crippen LogP) is 10.6. The highest BCUT2D eigenvalue weighted by Crippen LogP contribution is 2.48. The zero-order chi connectivity index (χ0) is 26.9. The Kier molecular flexibility index (Phi) is 5.54. The van der Waals surface area contributed by atoms with E-state index in [1.54, 1.807) is 0 Å². The summed E-state index contributed by atoms with van der Waals surface area (Å²) in [6.45, 7) is 16.3. The van der Waals surface area contributed by atoms with Crippen LogP contribution in [-0.2, 0) is 16.2 Å². The van der Waals surface area contributed by atoms with E-state index in [0.29, 0.717) is 0 Å². The number of rotatable bonds is 3. The first-order chi connectivity index (χ1) is 17.9. The Morgan fingerprint density at radius 1 is 0.684 bits per heavy atom. The van der Waals surface area contributed by atoms with E-state index in [0.717, 1.165) is 22.5 Å². The summed E-state index contributed by atoms with van der Waals surface area (Å²) in [5, 5.41) is 6.11. The van der Waals surface area contributed by atoms with Crippen LogP contribution in [0.2, 0.25) is 0 Å². The van der Waals surface area contributed by atoms with Gasteiger partial charge in [0, 0.05) is 33.8 Å². The van der Waals surface area contributed by atoms with Crippen molar-refractivity contribution in [3.8, 4) is 11.1 Å². The Morgan fingerprint density at radius 3 is 2.03 bits per heavy atom. The van der Waals surface area contributed by atoms with Crippen molar-refractivity contribution in [1.82, 2.24) is 0 Å². The van der Waals surface area contributed by atoms with Crippen LogP contribution in [0.5, 0.6) is 0 Å². The molecule has 0 fully saturated rings. The van der Waals surface area contributed by atoms with Crippen molar-refractivity contribution in [3.05, 3.63) is 95.6 Å². The third-order valence-electron chi connectivity index (χ3n) is 8.69. The molecule has 5 aromatic rings. The SMILES string of the molecule is CC(C)(C)c1ccc(Nc2ccc3c(c2)oc2cc4c(cc23)C(C)(C)CCC4(C)C)c(-c2ccccc2)c1. The van der Waals surface area contributed by atoms with Gasteiger partial charge in [-0.05, 0) is 87.7 Å². The van der Waals surface area contributed by atoms with Crippen LogP contribution < -0.4 is 5.32 Å². The molecule has 194 valence electrons. The van der Waals surface area contributed by atoms with Crippen molar-refractivity contribution in [2.24, 2.45) is 0 Å². The zero-order valence-electron chi connectivity index (χ0n) is 23.8. The Balaban J connectivity index is 1.44. The van der Waals surface area contributed by atoms with Crippen molar-refractivity contribution < 1.29 is 4.42 Å². The van der Waals surface area contributed by atoms with Crippen LogP contribution >= 0.6 is 0 Å². The first kappa shape index (κ1) is 24.8. The van der Waals surface area contributed by atoms with Gasteiger partial charge < -0.3 is 9.73 Å². The molecule has 0 amide bonds. The van der Waals surface area contributed by atoms with Crippen molar-refractivity contribution in [2.45, 2.75) is 77.6 Å². The molecule has 6 rings (SSSR count). The van der Waals surface area contributed by atoms with Crippen LogP contribution in [-0.4, -0.2) is 0 Å². The van der Waals surface area contributed by atoms with Crippen molar-refractivity contribution in [3.63, 3.8) is 0 Å². The van der Waals surface area contributed by atoms with Gasteiger partial charge in [0.25, 0.3) is 0 Å². The van der Waals surface area contributed by atoms with E-state index in [9.17, 15) is 0 Å². The normalized spacial score (nSPS) is 16.5. The van der Waals surface area contributed by atoms with Crippen LogP contribution in [0, 0.1) is 0 Å². The molecule has 0 atom stereocenters. The van der Waals surface area contributed by atoms with Crippen LogP contribution in [0.1, 0.15) is 78.0 Å². The quantitative estimate of drug-likeness (QED) is 0.266. The van der Waals surface area contributed by atoms with E-state index in [2.05, 4.69) is 133 Å². The van der Waals surface area contributed by atoms with Gasteiger partial charge in [0.1, 0.15) is 11.2 Å². The minimum Gasteiger partial charge on any atom is -0.456 e. The molecule has 1 aliphatic rings. The molecule has 38 heavy (non-hydrogen) atoms. The van der Waals surface area contributed by atoms with E-state index in [1.807, 2.05) is 0 Å². The van der Waals surface area contributed by atoms with Gasteiger partial charge in [-0.25, -0.2) is 0 Å². The minimum absolute atomic E-state index is 0.0809. The highest BCUT2D eigenvalue weighted by molar-refractivity contribution is 6.06. The second-order valence-electron chi connectivity index (χ2n) is 13.5. The third-order valence-corrected chi connectivity index (χ3v) is 8.69. The highest BCUT2D eigenvalue weighted by Gasteiger charge is 2.37. The number of anilines is 2. The molecule has 1 heterocycles. The molecular weight excluding hydrogens is 462 g/mol. The summed E-state index contributed by atoms with van der Waals surface area (Å²) in [6, 6.07) is 28.7. The van der Waals surface area contributed by atoms with Gasteiger partial charge in [-0.2, -0.15) is 0 Å². The van der Waals surface area contributed by atoms with E-state index >= 15 is 0 Å². The monoisotopic (exact) mass is 501 g/mol. The fraction of sp³-hybridized carbons (Fsp3) is 0.333. The number of benzene rings is 4. The molecular formula is C36H39NO. The lowest BCUT2D eigenvalue weighted by molar-refractivity contribution is 0.332. The second kappa shape index (κ2) is 8.50. The van der Waals surface area contributed by atoms with Gasteiger partial charge in [0.2, 0.25) is 0 Å². The molecule has 1 N–H and O–H groups in total. The maximum absolute atomic E-state index is 6.50. The number of hydrogen-bond donors (Lipinski definition) is 1. The average molecular weight is 502 g/mol. The minimum atomic E-state index is 0.0809. The largest absolute Gasteiger partial charge is 0.456 e. The lowest BCUT2D eigenvalue weighted by atomic mass is 9.63. The zero-order valence-corrected chi connectivity index (χ0v) is 23.8. The molecule has 0 saturated carbocycles. The van der Waals surface area contributed by atoms with Gasteiger partial charge in [0.15, 0.2) is 0 Å². The van der Waals surface area contributed by atoms with Gasteiger partial charge in [-0.3, -0.25) is 0 Å². The van der Waals surface area contributed by atoms with Crippen LogP contribution in [0.3, 0.4) is 0 Å². The van der Waals surface area contributed by atoms with Gasteiger partial charge in [-0.1, -0.05) is 84.9 Å². The molecule has 2 heteroatoms. The lowest BCUT2D eigenvalue weighted by Crippen LogP contribution is -2.33. The molecule has 0 unspecified atom stereocenters. The Bertz CT molecular complexity index is 1660. The molecule has 0 bridgehead atoms. The van der Waals surface area contributed by atoms with Gasteiger partial charge >= 0.3 is 0 Å². The molecule has 0 aliphatic heterocycles. The Hall–Kier alpha value is -3.52. The molecule has 0 spiro atoms. The highest BCUT2D eigenvalue weighted by atomic mass is 16.3. The summed E-state index contributed by atoms with van der Waals surface area (Å²) in [5.41, 5.74) is 11.1. The van der Waals surface area contributed by atoms with Crippen molar-refractivity contribution in [2.75, 3.05) is 5.32 Å². The van der Waals surface area contributed by atoms with Crippen LogP contribution in [0.4, 0.5) is 11.4 Å². The summed E-state index contributed by atoms with van der Waals surface area (Å²) in [4.78, 5) is 0. The maximum Gasteiger partial charge on any atom is 0.137 e. The lowest BCUT2D eigenvalue weighted by Gasteiger charge is -2.41. The second-order valence-corrected chi connectivity index (χ2v) is 13.5. The van der Waals surface area contributed by atoms with Gasteiger partial charge in [-0.15, -0.1) is 0 Å². The van der Waals surface area contributed by atoms with Crippen molar-refractivity contribution in [1.29, 1.82) is 0 Å². The first-order valence-corrected chi connectivity index (χ1v) is 13.9. The molecule has 1 aromatic heterocycles. The molecule has 0 saturated heterocycles. The summed E-state index contributed by atoms with van der Waals surface area (Å²) in [7, 11) is 0. The van der Waals surface area contributed by atoms with Gasteiger partial charge in [0.05, 0.1) is 0 Å². The third kappa shape index (κ3) is 4.21. The smallest absolute Gasteiger partial charge is 0.137 e. The van der Waals surface area contributed by atoms with E-state index in [-0.39, 0.29) is 16.2 Å². The fourth-order valence-electron chi connectivity index (χ4n) is 6.05. The molecule has 4 aromatic carbocycles. The summed E-state index contributed by atoms with van der Waals surface area (Å²) in [5.74, 6) is 0. The fourth-order valence-corrected chi connectivity index (χ4v) is 6.05.